The number of benzene rings is 1. The molecular weight excluding hydrogens is 272 g/mol. The minimum absolute atomic E-state index is 0.413. The Morgan fingerprint density at radius 3 is 2.23 bits per heavy atom. The number of nitrogens with zero attached hydrogens (tertiary/aromatic N) is 3. The monoisotopic (exact) mass is 296 g/mol. The van der Waals surface area contributed by atoms with E-state index in [0.29, 0.717) is 6.54 Å². The van der Waals surface area contributed by atoms with Gasteiger partial charge in [-0.25, -0.2) is 11.0 Å². The molecule has 22 heavy (non-hydrogen) atoms. The van der Waals surface area contributed by atoms with Gasteiger partial charge in [0.05, 0.1) is 23.4 Å². The van der Waals surface area contributed by atoms with Gasteiger partial charge in [-0.05, 0) is 51.3 Å². The first-order valence-electron chi connectivity index (χ1n) is 7.21. The van der Waals surface area contributed by atoms with Gasteiger partial charge in [0.2, 0.25) is 0 Å². The molecule has 0 spiro atoms. The standard InChI is InChI=1S/C18H24N4/c1-7-17(3,4)15-9-14(12-22(20)21-8-2)10-16(11-15)18(5,6)13-19/h1,8-11H,12,20H2,2-6H3/b21-8-. The first-order chi connectivity index (χ1) is 10.2. The quantitative estimate of drug-likeness (QED) is 0.393. The molecule has 1 rings (SSSR count). The third-order valence-electron chi connectivity index (χ3n) is 3.68. The van der Waals surface area contributed by atoms with Crippen LogP contribution in [0.2, 0.25) is 0 Å². The van der Waals surface area contributed by atoms with Crippen LogP contribution in [0.4, 0.5) is 0 Å². The summed E-state index contributed by atoms with van der Waals surface area (Å²) in [6, 6.07) is 8.36. The molecule has 1 aromatic carbocycles. The Bertz CT molecular complexity index is 598. The first kappa shape index (κ1) is 17.8. The molecule has 0 radical (unpaired) electrons. The molecule has 0 amide bonds. The van der Waals surface area contributed by atoms with E-state index in [1.54, 1.807) is 6.21 Å². The predicted molar refractivity (Wildman–Crippen MR) is 90.8 cm³/mol. The molecule has 0 saturated carbocycles. The van der Waals surface area contributed by atoms with Crippen molar-refractivity contribution in [2.75, 3.05) is 0 Å². The minimum Gasteiger partial charge on any atom is -0.231 e. The van der Waals surface area contributed by atoms with E-state index in [4.69, 9.17) is 12.3 Å². The predicted octanol–water partition coefficient (Wildman–Crippen LogP) is 3.08. The zero-order chi connectivity index (χ0) is 17.0. The van der Waals surface area contributed by atoms with E-state index < -0.39 is 10.8 Å². The Kier molecular flexibility index (Phi) is 5.36. The van der Waals surface area contributed by atoms with Crippen LogP contribution in [0.1, 0.15) is 51.3 Å². The van der Waals surface area contributed by atoms with E-state index >= 15 is 0 Å². The van der Waals surface area contributed by atoms with Gasteiger partial charge in [-0.15, -0.1) is 6.42 Å². The summed E-state index contributed by atoms with van der Waals surface area (Å²) in [6.07, 6.45) is 7.29. The summed E-state index contributed by atoms with van der Waals surface area (Å²) in [7, 11) is 0. The van der Waals surface area contributed by atoms with Crippen molar-refractivity contribution in [3.8, 4) is 18.4 Å². The van der Waals surface area contributed by atoms with Gasteiger partial charge < -0.3 is 0 Å². The van der Waals surface area contributed by atoms with Gasteiger partial charge in [-0.3, -0.25) is 0 Å². The van der Waals surface area contributed by atoms with E-state index in [0.717, 1.165) is 16.7 Å². The molecule has 4 heteroatoms. The third-order valence-corrected chi connectivity index (χ3v) is 3.68. The second-order valence-corrected chi connectivity index (χ2v) is 6.40. The lowest BCUT2D eigenvalue weighted by Gasteiger charge is -2.25. The SMILES string of the molecule is C#CC(C)(C)c1cc(CN(N)/N=C\C)cc(C(C)(C)C#N)c1. The molecular formula is C18H24N4. The van der Waals surface area contributed by atoms with Crippen LogP contribution in [0.25, 0.3) is 0 Å². The molecule has 116 valence electrons. The number of hydrogen-bond donors (Lipinski definition) is 1. The molecule has 0 unspecified atom stereocenters. The molecule has 1 aromatic rings. The van der Waals surface area contributed by atoms with Gasteiger partial charge in [-0.1, -0.05) is 24.1 Å². The van der Waals surface area contributed by atoms with Crippen LogP contribution in [-0.2, 0) is 17.4 Å². The molecule has 0 fully saturated rings. The molecule has 0 aliphatic rings. The molecule has 0 aliphatic carbocycles. The highest BCUT2D eigenvalue weighted by Crippen LogP contribution is 2.30. The van der Waals surface area contributed by atoms with Crippen molar-refractivity contribution < 1.29 is 0 Å². The number of hydrazine groups is 1. The molecule has 0 aromatic heterocycles. The summed E-state index contributed by atoms with van der Waals surface area (Å²) in [5, 5.41) is 14.8. The Labute approximate surface area is 133 Å². The molecule has 2 N–H and O–H groups in total. The highest BCUT2D eigenvalue weighted by molar-refractivity contribution is 5.52. The van der Waals surface area contributed by atoms with Gasteiger partial charge in [0, 0.05) is 6.21 Å². The van der Waals surface area contributed by atoms with Gasteiger partial charge in [0.25, 0.3) is 0 Å². The summed E-state index contributed by atoms with van der Waals surface area (Å²) in [4.78, 5) is 0. The topological polar surface area (TPSA) is 65.4 Å². The fourth-order valence-electron chi connectivity index (χ4n) is 2.03. The van der Waals surface area contributed by atoms with Crippen molar-refractivity contribution in [1.82, 2.24) is 5.12 Å². The zero-order valence-electron chi connectivity index (χ0n) is 14.0. The summed E-state index contributed by atoms with van der Waals surface area (Å²) in [5.74, 6) is 8.63. The highest BCUT2D eigenvalue weighted by Gasteiger charge is 2.25. The lowest BCUT2D eigenvalue weighted by Crippen LogP contribution is -2.26. The lowest BCUT2D eigenvalue weighted by atomic mass is 9.79. The summed E-state index contributed by atoms with van der Waals surface area (Å²) < 4.78 is 0. The zero-order valence-corrected chi connectivity index (χ0v) is 14.0. The van der Waals surface area contributed by atoms with E-state index in [1.165, 1.54) is 5.12 Å². The van der Waals surface area contributed by atoms with Gasteiger partial charge in [0.1, 0.15) is 0 Å². The Balaban J connectivity index is 3.41. The number of hydrogen-bond acceptors (Lipinski definition) is 4. The molecule has 0 bridgehead atoms. The molecule has 0 atom stereocenters. The van der Waals surface area contributed by atoms with Crippen LogP contribution in [0.3, 0.4) is 0 Å². The maximum Gasteiger partial charge on any atom is 0.0780 e. The van der Waals surface area contributed by atoms with Crippen LogP contribution >= 0.6 is 0 Å². The van der Waals surface area contributed by atoms with E-state index in [2.05, 4.69) is 17.1 Å². The van der Waals surface area contributed by atoms with Gasteiger partial charge in [0.15, 0.2) is 0 Å². The smallest absolute Gasteiger partial charge is 0.0780 e. The van der Waals surface area contributed by atoms with Crippen LogP contribution in [0, 0.1) is 23.7 Å². The summed E-state index contributed by atoms with van der Waals surface area (Å²) in [5.41, 5.74) is 1.90. The summed E-state index contributed by atoms with van der Waals surface area (Å²) in [6.45, 7) is 10.0. The Morgan fingerprint density at radius 1 is 1.23 bits per heavy atom. The van der Waals surface area contributed by atoms with Crippen LogP contribution in [0.5, 0.6) is 0 Å². The highest BCUT2D eigenvalue weighted by atomic mass is 15.6. The Morgan fingerprint density at radius 2 is 1.77 bits per heavy atom. The third kappa shape index (κ3) is 4.10. The molecule has 0 saturated heterocycles. The van der Waals surface area contributed by atoms with Crippen LogP contribution in [-0.4, -0.2) is 11.3 Å². The lowest BCUT2D eigenvalue weighted by molar-refractivity contribution is 0.291. The largest absolute Gasteiger partial charge is 0.231 e. The second kappa shape index (κ2) is 6.64. The maximum atomic E-state index is 9.41. The normalized spacial score (nSPS) is 12.0. The summed E-state index contributed by atoms with van der Waals surface area (Å²) >= 11 is 0. The van der Waals surface area contributed by atoms with Gasteiger partial charge in [-0.2, -0.15) is 10.4 Å². The van der Waals surface area contributed by atoms with E-state index in [9.17, 15) is 5.26 Å². The second-order valence-electron chi connectivity index (χ2n) is 6.40. The number of nitrogens with two attached hydrogens (primary N) is 1. The first-order valence-corrected chi connectivity index (χ1v) is 7.21. The van der Waals surface area contributed by atoms with Crippen molar-refractivity contribution >= 4 is 6.21 Å². The maximum absolute atomic E-state index is 9.41. The Hall–Kier alpha value is -2.30. The number of nitriles is 1. The number of rotatable bonds is 5. The van der Waals surface area contributed by atoms with E-state index in [1.807, 2.05) is 52.8 Å². The van der Waals surface area contributed by atoms with E-state index in [-0.39, 0.29) is 0 Å². The van der Waals surface area contributed by atoms with Crippen molar-refractivity contribution in [2.24, 2.45) is 10.9 Å². The minimum atomic E-state index is -0.594. The fourth-order valence-corrected chi connectivity index (χ4v) is 2.03. The van der Waals surface area contributed by atoms with Crippen molar-refractivity contribution in [3.63, 3.8) is 0 Å². The number of hydrazone groups is 1. The molecule has 0 aliphatic heterocycles. The molecule has 0 heterocycles. The van der Waals surface area contributed by atoms with Crippen LogP contribution < -0.4 is 5.84 Å². The number of terminal acetylenes is 1. The van der Waals surface area contributed by atoms with Crippen molar-refractivity contribution in [2.45, 2.75) is 52.0 Å². The molecule has 4 nitrogen and oxygen atoms in total. The van der Waals surface area contributed by atoms with Crippen molar-refractivity contribution in [1.29, 1.82) is 5.26 Å². The van der Waals surface area contributed by atoms with Gasteiger partial charge >= 0.3 is 0 Å². The average Bonchev–Trinajstić information content (AvgIpc) is 2.47. The van der Waals surface area contributed by atoms with Crippen molar-refractivity contribution in [3.05, 3.63) is 34.9 Å². The fraction of sp³-hybridized carbons (Fsp3) is 0.444. The average molecular weight is 296 g/mol. The van der Waals surface area contributed by atoms with Crippen LogP contribution in [0.15, 0.2) is 23.3 Å².